The predicted molar refractivity (Wildman–Crippen MR) is 94.1 cm³/mol. The molecule has 23 heavy (non-hydrogen) atoms. The van der Waals surface area contributed by atoms with Crippen LogP contribution in [0.1, 0.15) is 29.0 Å². The second-order valence-electron chi connectivity index (χ2n) is 6.39. The van der Waals surface area contributed by atoms with Crippen molar-refractivity contribution in [3.05, 3.63) is 69.2 Å². The van der Waals surface area contributed by atoms with E-state index in [2.05, 4.69) is 41.3 Å². The summed E-state index contributed by atoms with van der Waals surface area (Å²) >= 11 is 12.5. The first-order valence-electron chi connectivity index (χ1n) is 8.07. The zero-order valence-electron chi connectivity index (χ0n) is 12.8. The molecule has 2 aromatic rings. The Balaban J connectivity index is 1.57. The van der Waals surface area contributed by atoms with E-state index < -0.39 is 0 Å². The van der Waals surface area contributed by atoms with E-state index >= 15 is 0 Å². The molecule has 1 fully saturated rings. The van der Waals surface area contributed by atoms with Crippen LogP contribution in [0.2, 0.25) is 10.0 Å². The maximum atomic E-state index is 6.38. The van der Waals surface area contributed by atoms with Crippen molar-refractivity contribution in [2.24, 2.45) is 0 Å². The Morgan fingerprint density at radius 3 is 2.74 bits per heavy atom. The lowest BCUT2D eigenvalue weighted by atomic mass is 9.83. The van der Waals surface area contributed by atoms with E-state index in [1.54, 1.807) is 0 Å². The van der Waals surface area contributed by atoms with Crippen molar-refractivity contribution in [3.63, 3.8) is 0 Å². The third kappa shape index (κ3) is 3.01. The maximum Gasteiger partial charge on any atom is 0.0738 e. The van der Waals surface area contributed by atoms with E-state index in [4.69, 9.17) is 27.9 Å². The number of hydrogen-bond donors (Lipinski definition) is 0. The number of nitrogens with zero attached hydrogens (tertiary/aromatic N) is 1. The van der Waals surface area contributed by atoms with Gasteiger partial charge in [0.1, 0.15) is 0 Å². The lowest BCUT2D eigenvalue weighted by molar-refractivity contribution is -0.0325. The van der Waals surface area contributed by atoms with Crippen molar-refractivity contribution in [3.8, 4) is 0 Å². The Morgan fingerprint density at radius 2 is 1.91 bits per heavy atom. The zero-order valence-corrected chi connectivity index (χ0v) is 14.4. The van der Waals surface area contributed by atoms with Crippen LogP contribution in [0.4, 0.5) is 0 Å². The van der Waals surface area contributed by atoms with Crippen molar-refractivity contribution in [2.75, 3.05) is 13.1 Å². The molecule has 0 radical (unpaired) electrons. The molecular formula is C19H19Cl2NO. The summed E-state index contributed by atoms with van der Waals surface area (Å²) in [4.78, 5) is 2.51. The number of benzene rings is 2. The van der Waals surface area contributed by atoms with E-state index in [-0.39, 0.29) is 0 Å². The first-order chi connectivity index (χ1) is 11.2. The van der Waals surface area contributed by atoms with Gasteiger partial charge in [0.2, 0.25) is 0 Å². The monoisotopic (exact) mass is 347 g/mol. The van der Waals surface area contributed by atoms with E-state index in [0.29, 0.717) is 28.7 Å². The van der Waals surface area contributed by atoms with Crippen LogP contribution in [-0.2, 0) is 17.9 Å². The summed E-state index contributed by atoms with van der Waals surface area (Å²) in [5.41, 5.74) is 3.74. The fourth-order valence-electron chi connectivity index (χ4n) is 3.77. The Kier molecular flexibility index (Phi) is 4.33. The summed E-state index contributed by atoms with van der Waals surface area (Å²) in [7, 11) is 0. The van der Waals surface area contributed by atoms with Crippen LogP contribution in [-0.4, -0.2) is 24.1 Å². The largest absolute Gasteiger partial charge is 0.373 e. The minimum Gasteiger partial charge on any atom is -0.373 e. The molecule has 1 saturated heterocycles. The molecule has 120 valence electrons. The summed E-state index contributed by atoms with van der Waals surface area (Å²) in [5, 5.41) is 1.27. The average molecular weight is 348 g/mol. The number of rotatable bonds is 2. The van der Waals surface area contributed by atoms with Gasteiger partial charge < -0.3 is 4.74 Å². The van der Waals surface area contributed by atoms with Crippen molar-refractivity contribution in [1.29, 1.82) is 0 Å². The molecule has 2 nitrogen and oxygen atoms in total. The molecule has 2 aromatic carbocycles. The third-order valence-corrected chi connectivity index (χ3v) is 5.80. The van der Waals surface area contributed by atoms with Gasteiger partial charge in [0.05, 0.1) is 22.8 Å². The van der Waals surface area contributed by atoms with Gasteiger partial charge in [0.25, 0.3) is 0 Å². The Bertz CT molecular complexity index is 704. The quantitative estimate of drug-likeness (QED) is 0.767. The molecule has 4 rings (SSSR count). The highest BCUT2D eigenvalue weighted by molar-refractivity contribution is 6.42. The van der Waals surface area contributed by atoms with Gasteiger partial charge in [-0.25, -0.2) is 0 Å². The van der Waals surface area contributed by atoms with E-state index in [1.807, 2.05) is 6.07 Å². The Labute approximate surface area is 147 Å². The molecule has 2 aliphatic heterocycles. The van der Waals surface area contributed by atoms with Gasteiger partial charge in [0, 0.05) is 31.1 Å². The summed E-state index contributed by atoms with van der Waals surface area (Å²) in [5.74, 6) is 0.381. The number of fused-ring (bicyclic) bond motifs is 3. The van der Waals surface area contributed by atoms with Crippen molar-refractivity contribution < 1.29 is 4.74 Å². The average Bonchev–Trinajstić information content (AvgIpc) is 2.59. The van der Waals surface area contributed by atoms with Gasteiger partial charge in [-0.15, -0.1) is 0 Å². The van der Waals surface area contributed by atoms with Gasteiger partial charge >= 0.3 is 0 Å². The number of piperidine rings is 1. The van der Waals surface area contributed by atoms with Gasteiger partial charge in [-0.05, 0) is 23.6 Å². The highest BCUT2D eigenvalue weighted by Gasteiger charge is 2.36. The first kappa shape index (κ1) is 15.5. The standard InChI is InChI=1S/C19H19Cl2NO/c20-17-7-6-14-15-11-22(10-13-4-2-1-3-5-13)9-8-18(15)23-12-16(14)19(17)21/h1-7,15,18H,8-12H2/t15-,18+/m1/s1. The summed E-state index contributed by atoms with van der Waals surface area (Å²) in [6, 6.07) is 14.7. The van der Waals surface area contributed by atoms with E-state index in [1.165, 1.54) is 11.1 Å². The topological polar surface area (TPSA) is 12.5 Å². The SMILES string of the molecule is Clc1ccc2c(c1Cl)CO[C@H]1CCN(Cc3ccccc3)C[C@H]21. The number of ether oxygens (including phenoxy) is 1. The molecule has 2 atom stereocenters. The van der Waals surface area contributed by atoms with Crippen molar-refractivity contribution in [2.45, 2.75) is 31.6 Å². The minimum atomic E-state index is 0.298. The molecule has 0 bridgehead atoms. The Hall–Kier alpha value is -1.06. The molecule has 0 saturated carbocycles. The van der Waals surface area contributed by atoms with Crippen molar-refractivity contribution >= 4 is 23.2 Å². The third-order valence-electron chi connectivity index (χ3n) is 4.96. The molecule has 0 unspecified atom stereocenters. The van der Waals surface area contributed by atoms with Crippen LogP contribution in [0.25, 0.3) is 0 Å². The summed E-state index contributed by atoms with van der Waals surface area (Å²) in [6.45, 7) is 3.65. The minimum absolute atomic E-state index is 0.298. The number of halogens is 2. The van der Waals surface area contributed by atoms with Crippen LogP contribution >= 0.6 is 23.2 Å². The zero-order chi connectivity index (χ0) is 15.8. The molecule has 0 aromatic heterocycles. The summed E-state index contributed by atoms with van der Waals surface area (Å²) < 4.78 is 6.07. The molecule has 0 amide bonds. The van der Waals surface area contributed by atoms with Gasteiger partial charge in [-0.2, -0.15) is 0 Å². The second-order valence-corrected chi connectivity index (χ2v) is 7.18. The second kappa shape index (κ2) is 6.45. The smallest absolute Gasteiger partial charge is 0.0738 e. The highest BCUT2D eigenvalue weighted by Crippen LogP contribution is 2.41. The summed E-state index contributed by atoms with van der Waals surface area (Å²) in [6.07, 6.45) is 1.36. The number of hydrogen-bond acceptors (Lipinski definition) is 2. The maximum absolute atomic E-state index is 6.38. The fourth-order valence-corrected chi connectivity index (χ4v) is 4.18. The van der Waals surface area contributed by atoms with Crippen LogP contribution in [0, 0.1) is 0 Å². The molecule has 2 aliphatic rings. The van der Waals surface area contributed by atoms with Crippen LogP contribution in [0.5, 0.6) is 0 Å². The highest BCUT2D eigenvalue weighted by atomic mass is 35.5. The van der Waals surface area contributed by atoms with E-state index in [0.717, 1.165) is 31.6 Å². The van der Waals surface area contributed by atoms with Crippen molar-refractivity contribution in [1.82, 2.24) is 4.90 Å². The first-order valence-corrected chi connectivity index (χ1v) is 8.82. The van der Waals surface area contributed by atoms with Crippen LogP contribution in [0.3, 0.4) is 0 Å². The Morgan fingerprint density at radius 1 is 1.09 bits per heavy atom. The molecule has 0 spiro atoms. The molecule has 2 heterocycles. The molecular weight excluding hydrogens is 329 g/mol. The van der Waals surface area contributed by atoms with Gasteiger partial charge in [-0.1, -0.05) is 59.6 Å². The fraction of sp³-hybridized carbons (Fsp3) is 0.368. The number of likely N-dealkylation sites (tertiary alicyclic amines) is 1. The lowest BCUT2D eigenvalue weighted by Crippen LogP contribution is -2.44. The molecule has 0 N–H and O–H groups in total. The predicted octanol–water partition coefficient (Wildman–Crippen LogP) is 4.88. The lowest BCUT2D eigenvalue weighted by Gasteiger charge is -2.42. The normalized spacial score (nSPS) is 24.1. The van der Waals surface area contributed by atoms with Crippen LogP contribution in [0.15, 0.2) is 42.5 Å². The van der Waals surface area contributed by atoms with Crippen LogP contribution < -0.4 is 0 Å². The van der Waals surface area contributed by atoms with E-state index in [9.17, 15) is 0 Å². The van der Waals surface area contributed by atoms with Gasteiger partial charge in [-0.3, -0.25) is 4.90 Å². The van der Waals surface area contributed by atoms with Gasteiger partial charge in [0.15, 0.2) is 0 Å². The molecule has 0 aliphatic carbocycles. The molecule has 4 heteroatoms.